The Morgan fingerprint density at radius 2 is 0.800 bits per heavy atom. The third-order valence-electron chi connectivity index (χ3n) is 7.96. The van der Waals surface area contributed by atoms with Crippen molar-refractivity contribution >= 4 is 17.9 Å². The molecule has 262 valence electrons. The van der Waals surface area contributed by atoms with Gasteiger partial charge in [-0.05, 0) is 51.4 Å². The van der Waals surface area contributed by atoms with E-state index in [1.54, 1.807) is 0 Å². The van der Waals surface area contributed by atoms with E-state index in [0.717, 1.165) is 83.5 Å². The minimum atomic E-state index is -0.764. The SMILES string of the molecule is CCCCC/C=C\C/C=C\CCCCCCCC(=O)OCC(COC(=O)CCCCCCC)OC(=O)CCCCCCCCC. The van der Waals surface area contributed by atoms with Crippen LogP contribution in [0.2, 0.25) is 0 Å². The molecule has 6 heteroatoms. The number of unbranched alkanes of at least 4 members (excludes halogenated alkanes) is 18. The van der Waals surface area contributed by atoms with Gasteiger partial charge in [0, 0.05) is 19.3 Å². The van der Waals surface area contributed by atoms with Gasteiger partial charge in [-0.2, -0.15) is 0 Å². The topological polar surface area (TPSA) is 78.9 Å². The predicted molar refractivity (Wildman–Crippen MR) is 187 cm³/mol. The Kier molecular flexibility index (Phi) is 33.1. The van der Waals surface area contributed by atoms with Gasteiger partial charge >= 0.3 is 17.9 Å². The van der Waals surface area contributed by atoms with Crippen molar-refractivity contribution in [1.29, 1.82) is 0 Å². The van der Waals surface area contributed by atoms with Crippen molar-refractivity contribution in [2.45, 2.75) is 194 Å². The molecule has 0 aliphatic rings. The van der Waals surface area contributed by atoms with Gasteiger partial charge in [-0.15, -0.1) is 0 Å². The fourth-order valence-corrected chi connectivity index (χ4v) is 5.06. The zero-order chi connectivity index (χ0) is 33.1. The van der Waals surface area contributed by atoms with E-state index in [9.17, 15) is 14.4 Å². The minimum absolute atomic E-state index is 0.0759. The van der Waals surface area contributed by atoms with Crippen molar-refractivity contribution in [2.75, 3.05) is 13.2 Å². The standard InChI is InChI=1S/C39H70O6/c1-4-7-10-13-15-16-17-18-19-20-21-22-24-26-29-32-38(41)44-35-36(34-43-37(40)31-28-25-12-9-6-3)45-39(42)33-30-27-23-14-11-8-5-2/h15-16,18-19,36H,4-14,17,20-35H2,1-3H3/b16-15-,19-18-. The second-order valence-corrected chi connectivity index (χ2v) is 12.5. The molecular weight excluding hydrogens is 564 g/mol. The zero-order valence-corrected chi connectivity index (χ0v) is 29.6. The number of hydrogen-bond donors (Lipinski definition) is 0. The Bertz CT molecular complexity index is 744. The molecule has 0 heterocycles. The van der Waals surface area contributed by atoms with E-state index in [1.807, 2.05) is 0 Å². The summed E-state index contributed by atoms with van der Waals surface area (Å²) in [6, 6.07) is 0. The average Bonchev–Trinajstić information content (AvgIpc) is 3.03. The number of rotatable bonds is 33. The summed E-state index contributed by atoms with van der Waals surface area (Å²) >= 11 is 0. The molecule has 0 saturated heterocycles. The van der Waals surface area contributed by atoms with Crippen LogP contribution in [0.5, 0.6) is 0 Å². The summed E-state index contributed by atoms with van der Waals surface area (Å²) in [5.74, 6) is -0.916. The Labute approximate surface area is 277 Å². The molecule has 0 amide bonds. The molecule has 6 nitrogen and oxygen atoms in total. The van der Waals surface area contributed by atoms with Gasteiger partial charge in [0.25, 0.3) is 0 Å². The number of carbonyl (C=O) groups excluding carboxylic acids is 3. The second-order valence-electron chi connectivity index (χ2n) is 12.5. The van der Waals surface area contributed by atoms with Gasteiger partial charge in [-0.1, -0.05) is 141 Å². The molecule has 0 spiro atoms. The highest BCUT2D eigenvalue weighted by Crippen LogP contribution is 2.12. The van der Waals surface area contributed by atoms with Crippen LogP contribution in [0.4, 0.5) is 0 Å². The van der Waals surface area contributed by atoms with E-state index in [4.69, 9.17) is 14.2 Å². The van der Waals surface area contributed by atoms with E-state index in [0.29, 0.717) is 19.3 Å². The number of carbonyl (C=O) groups is 3. The largest absolute Gasteiger partial charge is 0.462 e. The van der Waals surface area contributed by atoms with Crippen molar-refractivity contribution in [3.05, 3.63) is 24.3 Å². The van der Waals surface area contributed by atoms with Crippen LogP contribution in [-0.4, -0.2) is 37.2 Å². The third kappa shape index (κ3) is 33.1. The Morgan fingerprint density at radius 1 is 0.444 bits per heavy atom. The minimum Gasteiger partial charge on any atom is -0.462 e. The fraction of sp³-hybridized carbons (Fsp3) is 0.821. The van der Waals surface area contributed by atoms with Crippen LogP contribution >= 0.6 is 0 Å². The van der Waals surface area contributed by atoms with Gasteiger partial charge in [0.1, 0.15) is 13.2 Å². The Hall–Kier alpha value is -2.11. The molecule has 0 fully saturated rings. The quantitative estimate of drug-likeness (QED) is 0.0309. The molecule has 0 aromatic rings. The van der Waals surface area contributed by atoms with Crippen molar-refractivity contribution < 1.29 is 28.6 Å². The zero-order valence-electron chi connectivity index (χ0n) is 29.6. The first kappa shape index (κ1) is 42.9. The Balaban J connectivity index is 4.24. The highest BCUT2D eigenvalue weighted by Gasteiger charge is 2.19. The number of esters is 3. The molecule has 0 rings (SSSR count). The summed E-state index contributed by atoms with van der Waals surface area (Å²) in [5, 5.41) is 0. The maximum absolute atomic E-state index is 12.5. The summed E-state index contributed by atoms with van der Waals surface area (Å²) in [6.07, 6.45) is 34.8. The third-order valence-corrected chi connectivity index (χ3v) is 7.96. The van der Waals surface area contributed by atoms with Crippen LogP contribution in [-0.2, 0) is 28.6 Å². The summed E-state index contributed by atoms with van der Waals surface area (Å²) in [5.41, 5.74) is 0. The molecule has 0 radical (unpaired) electrons. The van der Waals surface area contributed by atoms with Gasteiger partial charge in [0.15, 0.2) is 6.10 Å². The van der Waals surface area contributed by atoms with Gasteiger partial charge in [-0.3, -0.25) is 14.4 Å². The number of hydrogen-bond acceptors (Lipinski definition) is 6. The fourth-order valence-electron chi connectivity index (χ4n) is 5.06. The first-order valence-corrected chi connectivity index (χ1v) is 18.8. The van der Waals surface area contributed by atoms with Crippen LogP contribution < -0.4 is 0 Å². The first-order valence-electron chi connectivity index (χ1n) is 18.8. The van der Waals surface area contributed by atoms with E-state index < -0.39 is 6.10 Å². The van der Waals surface area contributed by atoms with Crippen molar-refractivity contribution in [3.8, 4) is 0 Å². The van der Waals surface area contributed by atoms with Gasteiger partial charge in [0.05, 0.1) is 0 Å². The second kappa shape index (κ2) is 34.8. The molecule has 0 saturated carbocycles. The molecule has 0 N–H and O–H groups in total. The van der Waals surface area contributed by atoms with Crippen LogP contribution in [0.15, 0.2) is 24.3 Å². The van der Waals surface area contributed by atoms with Gasteiger partial charge in [-0.25, -0.2) is 0 Å². The number of allylic oxidation sites excluding steroid dienone is 4. The predicted octanol–water partition coefficient (Wildman–Crippen LogP) is 11.3. The van der Waals surface area contributed by atoms with E-state index in [1.165, 1.54) is 64.2 Å². The molecule has 0 aliphatic heterocycles. The van der Waals surface area contributed by atoms with E-state index in [-0.39, 0.29) is 31.1 Å². The van der Waals surface area contributed by atoms with Crippen molar-refractivity contribution in [2.24, 2.45) is 0 Å². The monoisotopic (exact) mass is 635 g/mol. The number of ether oxygens (including phenoxy) is 3. The molecular formula is C39H70O6. The molecule has 45 heavy (non-hydrogen) atoms. The summed E-state index contributed by atoms with van der Waals surface area (Å²) < 4.78 is 16.4. The van der Waals surface area contributed by atoms with Crippen molar-refractivity contribution in [3.63, 3.8) is 0 Å². The summed E-state index contributed by atoms with van der Waals surface area (Å²) in [6.45, 7) is 6.44. The lowest BCUT2D eigenvalue weighted by molar-refractivity contribution is -0.167. The van der Waals surface area contributed by atoms with Crippen molar-refractivity contribution in [1.82, 2.24) is 0 Å². The lowest BCUT2D eigenvalue weighted by Crippen LogP contribution is -2.30. The maximum atomic E-state index is 12.5. The molecule has 0 bridgehead atoms. The smallest absolute Gasteiger partial charge is 0.306 e. The lowest BCUT2D eigenvalue weighted by Gasteiger charge is -2.18. The van der Waals surface area contributed by atoms with Crippen LogP contribution in [0, 0.1) is 0 Å². The van der Waals surface area contributed by atoms with Crippen LogP contribution in [0.3, 0.4) is 0 Å². The molecule has 0 aliphatic carbocycles. The molecule has 0 aromatic carbocycles. The highest BCUT2D eigenvalue weighted by molar-refractivity contribution is 5.71. The molecule has 0 aromatic heterocycles. The lowest BCUT2D eigenvalue weighted by atomic mass is 10.1. The molecule has 1 atom stereocenters. The summed E-state index contributed by atoms with van der Waals surface area (Å²) in [4.78, 5) is 37.1. The Morgan fingerprint density at radius 3 is 1.27 bits per heavy atom. The van der Waals surface area contributed by atoms with E-state index in [2.05, 4.69) is 45.1 Å². The molecule has 1 unspecified atom stereocenters. The average molecular weight is 635 g/mol. The van der Waals surface area contributed by atoms with Gasteiger partial charge < -0.3 is 14.2 Å². The van der Waals surface area contributed by atoms with Crippen LogP contribution in [0.1, 0.15) is 188 Å². The normalized spacial score (nSPS) is 12.2. The van der Waals surface area contributed by atoms with E-state index >= 15 is 0 Å². The highest BCUT2D eigenvalue weighted by atomic mass is 16.6. The first-order chi connectivity index (χ1) is 22.0. The maximum Gasteiger partial charge on any atom is 0.306 e. The van der Waals surface area contributed by atoms with Gasteiger partial charge in [0.2, 0.25) is 0 Å². The summed E-state index contributed by atoms with van der Waals surface area (Å²) in [7, 11) is 0. The van der Waals surface area contributed by atoms with Crippen LogP contribution in [0.25, 0.3) is 0 Å².